The summed E-state index contributed by atoms with van der Waals surface area (Å²) in [6.07, 6.45) is 4.46. The molecule has 3 aromatic carbocycles. The van der Waals surface area contributed by atoms with Crippen molar-refractivity contribution in [1.82, 2.24) is 4.40 Å². The first kappa shape index (κ1) is 12.5. The normalized spacial score (nSPS) is 11.5. The van der Waals surface area contributed by atoms with Crippen LogP contribution in [0.25, 0.3) is 38.2 Å². The van der Waals surface area contributed by atoms with Crippen LogP contribution in [0.2, 0.25) is 0 Å². The molecule has 0 atom stereocenters. The number of hydrogen-bond donors (Lipinski definition) is 0. The second-order valence-corrected chi connectivity index (χ2v) is 5.93. The lowest BCUT2D eigenvalue weighted by atomic mass is 9.97. The van der Waals surface area contributed by atoms with E-state index in [1.807, 2.05) is 0 Å². The molecule has 0 unspecified atom stereocenters. The van der Waals surface area contributed by atoms with Crippen LogP contribution in [0.1, 0.15) is 0 Å². The van der Waals surface area contributed by atoms with Gasteiger partial charge in [-0.05, 0) is 16.3 Å². The van der Waals surface area contributed by atoms with Crippen LogP contribution >= 0.6 is 0 Å². The molecule has 1 heteroatoms. The Labute approximate surface area is 134 Å². The average Bonchev–Trinajstić information content (AvgIpc) is 2.98. The maximum Gasteiger partial charge on any atom is 0.0613 e. The summed E-state index contributed by atoms with van der Waals surface area (Å²) in [5.74, 6) is 0. The van der Waals surface area contributed by atoms with E-state index >= 15 is 0 Å². The Balaban J connectivity index is 2.08. The van der Waals surface area contributed by atoms with Gasteiger partial charge in [0.05, 0.1) is 5.52 Å². The molecule has 0 saturated carbocycles. The predicted molar refractivity (Wildman–Crippen MR) is 97.8 cm³/mol. The van der Waals surface area contributed by atoms with Gasteiger partial charge in [-0.1, -0.05) is 78.9 Å². The molecule has 108 valence electrons. The third-order valence-electron chi connectivity index (χ3n) is 4.56. The molecular formula is C22H15N. The molecule has 0 bridgehead atoms. The third kappa shape index (κ3) is 1.80. The molecule has 1 nitrogen and oxygen atoms in total. The van der Waals surface area contributed by atoms with Gasteiger partial charge in [-0.25, -0.2) is 0 Å². The zero-order valence-electron chi connectivity index (χ0n) is 12.6. The molecule has 2 aromatic heterocycles. The topological polar surface area (TPSA) is 4.41 Å². The van der Waals surface area contributed by atoms with E-state index in [-0.39, 0.29) is 0 Å². The summed E-state index contributed by atoms with van der Waals surface area (Å²) >= 11 is 0. The summed E-state index contributed by atoms with van der Waals surface area (Å²) in [7, 11) is 0. The fraction of sp³-hybridized carbons (Fsp3) is 0. The van der Waals surface area contributed by atoms with E-state index in [2.05, 4.69) is 95.7 Å². The minimum Gasteiger partial charge on any atom is -0.321 e. The van der Waals surface area contributed by atoms with Crippen LogP contribution < -0.4 is 0 Å². The van der Waals surface area contributed by atoms with Gasteiger partial charge in [0.15, 0.2) is 0 Å². The molecule has 0 spiro atoms. The molecule has 0 aliphatic carbocycles. The number of nitrogens with zero attached hydrogens (tertiary/aromatic N) is 1. The van der Waals surface area contributed by atoms with Crippen molar-refractivity contribution in [3.8, 4) is 11.1 Å². The van der Waals surface area contributed by atoms with E-state index in [1.54, 1.807) is 0 Å². The predicted octanol–water partition coefficient (Wildman–Crippen LogP) is 5.91. The maximum atomic E-state index is 2.27. The van der Waals surface area contributed by atoms with Crippen LogP contribution in [0.3, 0.4) is 0 Å². The first-order valence-electron chi connectivity index (χ1n) is 7.88. The molecular weight excluding hydrogens is 278 g/mol. The van der Waals surface area contributed by atoms with Crippen molar-refractivity contribution in [3.63, 3.8) is 0 Å². The van der Waals surface area contributed by atoms with Crippen molar-refractivity contribution in [2.45, 2.75) is 0 Å². The summed E-state index contributed by atoms with van der Waals surface area (Å²) in [6.45, 7) is 0. The van der Waals surface area contributed by atoms with Crippen molar-refractivity contribution < 1.29 is 0 Å². The molecule has 2 heterocycles. The van der Waals surface area contributed by atoms with Crippen molar-refractivity contribution in [2.24, 2.45) is 0 Å². The molecule has 0 saturated heterocycles. The highest BCUT2D eigenvalue weighted by Crippen LogP contribution is 2.37. The molecule has 0 aliphatic heterocycles. The van der Waals surface area contributed by atoms with Gasteiger partial charge < -0.3 is 4.40 Å². The minimum atomic E-state index is 1.26. The summed E-state index contributed by atoms with van der Waals surface area (Å²) in [5, 5.41) is 5.14. The van der Waals surface area contributed by atoms with Crippen LogP contribution in [0, 0.1) is 0 Å². The molecule has 0 N–H and O–H groups in total. The van der Waals surface area contributed by atoms with Crippen molar-refractivity contribution in [1.29, 1.82) is 0 Å². The Bertz CT molecular complexity index is 1150. The first-order chi connectivity index (χ1) is 11.4. The Kier molecular flexibility index (Phi) is 2.56. The van der Waals surface area contributed by atoms with Gasteiger partial charge in [-0.15, -0.1) is 0 Å². The zero-order chi connectivity index (χ0) is 15.2. The highest BCUT2D eigenvalue weighted by Gasteiger charge is 2.13. The lowest BCUT2D eigenvalue weighted by Gasteiger charge is -2.11. The highest BCUT2D eigenvalue weighted by molar-refractivity contribution is 6.12. The fourth-order valence-electron chi connectivity index (χ4n) is 3.56. The lowest BCUT2D eigenvalue weighted by Crippen LogP contribution is -1.89. The van der Waals surface area contributed by atoms with Crippen molar-refractivity contribution >= 4 is 27.1 Å². The minimum absolute atomic E-state index is 1.26. The van der Waals surface area contributed by atoms with Crippen LogP contribution in [0.4, 0.5) is 0 Å². The van der Waals surface area contributed by atoms with Crippen LogP contribution in [-0.4, -0.2) is 4.40 Å². The number of aromatic nitrogens is 1. The Morgan fingerprint density at radius 2 is 1.09 bits per heavy atom. The molecule has 5 rings (SSSR count). The molecule has 5 aromatic rings. The van der Waals surface area contributed by atoms with Crippen LogP contribution in [0.5, 0.6) is 0 Å². The molecule has 0 amide bonds. The Morgan fingerprint density at radius 3 is 1.83 bits per heavy atom. The summed E-state index contributed by atoms with van der Waals surface area (Å²) in [6, 6.07) is 27.9. The van der Waals surface area contributed by atoms with Gasteiger partial charge in [-0.2, -0.15) is 0 Å². The van der Waals surface area contributed by atoms with E-state index in [0.29, 0.717) is 0 Å². The molecule has 0 radical (unpaired) electrons. The average molecular weight is 293 g/mol. The molecule has 0 aliphatic rings. The van der Waals surface area contributed by atoms with Gasteiger partial charge in [0.2, 0.25) is 0 Å². The summed E-state index contributed by atoms with van der Waals surface area (Å²) < 4.78 is 2.27. The van der Waals surface area contributed by atoms with Crippen LogP contribution in [-0.2, 0) is 0 Å². The van der Waals surface area contributed by atoms with E-state index in [4.69, 9.17) is 0 Å². The van der Waals surface area contributed by atoms with Gasteiger partial charge >= 0.3 is 0 Å². The van der Waals surface area contributed by atoms with Crippen LogP contribution in [0.15, 0.2) is 91.3 Å². The summed E-state index contributed by atoms with van der Waals surface area (Å²) in [5.41, 5.74) is 3.86. The van der Waals surface area contributed by atoms with E-state index in [9.17, 15) is 0 Å². The van der Waals surface area contributed by atoms with Gasteiger partial charge in [0.25, 0.3) is 0 Å². The Morgan fingerprint density at radius 1 is 0.522 bits per heavy atom. The van der Waals surface area contributed by atoms with E-state index in [0.717, 1.165) is 0 Å². The second kappa shape index (κ2) is 4.72. The van der Waals surface area contributed by atoms with E-state index < -0.39 is 0 Å². The molecule has 0 fully saturated rings. The number of pyridine rings is 1. The summed E-state index contributed by atoms with van der Waals surface area (Å²) in [4.78, 5) is 0. The maximum absolute atomic E-state index is 2.27. The largest absolute Gasteiger partial charge is 0.321 e. The number of rotatable bonds is 1. The smallest absolute Gasteiger partial charge is 0.0613 e. The van der Waals surface area contributed by atoms with Gasteiger partial charge in [-0.3, -0.25) is 0 Å². The SMILES string of the molecule is c1ccc(-c2c3ccccc3cn3cc4ccccc4c23)cc1. The highest BCUT2D eigenvalue weighted by atomic mass is 14.9. The fourth-order valence-corrected chi connectivity index (χ4v) is 3.56. The quantitative estimate of drug-likeness (QED) is 0.362. The van der Waals surface area contributed by atoms with E-state index in [1.165, 1.54) is 38.2 Å². The standard InChI is InChI=1S/C22H15N/c1-2-8-16(9-3-1)21-19-12-6-4-10-17(19)14-23-15-18-11-5-7-13-20(18)22(21)23/h1-15H. The number of fused-ring (bicyclic) bond motifs is 4. The second-order valence-electron chi connectivity index (χ2n) is 5.93. The Hall–Kier alpha value is -3.06. The van der Waals surface area contributed by atoms with Crippen molar-refractivity contribution in [3.05, 3.63) is 91.3 Å². The van der Waals surface area contributed by atoms with Gasteiger partial charge in [0.1, 0.15) is 0 Å². The first-order valence-corrected chi connectivity index (χ1v) is 7.88. The lowest BCUT2D eigenvalue weighted by molar-refractivity contribution is 1.23. The molecule has 23 heavy (non-hydrogen) atoms. The third-order valence-corrected chi connectivity index (χ3v) is 4.56. The number of hydrogen-bond acceptors (Lipinski definition) is 0. The number of benzene rings is 3. The zero-order valence-corrected chi connectivity index (χ0v) is 12.6. The monoisotopic (exact) mass is 293 g/mol. The van der Waals surface area contributed by atoms with Gasteiger partial charge in [0, 0.05) is 28.7 Å². The van der Waals surface area contributed by atoms with Crippen molar-refractivity contribution in [2.75, 3.05) is 0 Å².